The summed E-state index contributed by atoms with van der Waals surface area (Å²) in [6, 6.07) is 3.23. The van der Waals surface area contributed by atoms with Crippen molar-refractivity contribution in [2.24, 2.45) is 0 Å². The molecule has 1 fully saturated rings. The van der Waals surface area contributed by atoms with Gasteiger partial charge in [0.2, 0.25) is 11.8 Å². The monoisotopic (exact) mass is 319 g/mol. The molecule has 0 bridgehead atoms. The highest BCUT2D eigenvalue weighted by atomic mass is 19.1. The van der Waals surface area contributed by atoms with Crippen LogP contribution in [0.25, 0.3) is 0 Å². The Morgan fingerprint density at radius 3 is 2.96 bits per heavy atom. The highest BCUT2D eigenvalue weighted by Gasteiger charge is 2.28. The van der Waals surface area contributed by atoms with Gasteiger partial charge in [-0.1, -0.05) is 6.07 Å². The van der Waals surface area contributed by atoms with Crippen LogP contribution in [-0.2, 0) is 11.2 Å². The molecule has 1 atom stereocenters. The van der Waals surface area contributed by atoms with Crippen molar-refractivity contribution in [3.63, 3.8) is 0 Å². The van der Waals surface area contributed by atoms with E-state index in [0.717, 1.165) is 12.1 Å². The second kappa shape index (κ2) is 6.68. The van der Waals surface area contributed by atoms with Gasteiger partial charge in [0.05, 0.1) is 19.2 Å². The van der Waals surface area contributed by atoms with Crippen LogP contribution < -0.4 is 4.74 Å². The van der Waals surface area contributed by atoms with Crippen molar-refractivity contribution in [1.82, 2.24) is 14.9 Å². The number of nitrogens with zero attached hydrogens (tertiary/aromatic N) is 3. The number of carbonyl (C=O) groups is 1. The Balaban J connectivity index is 1.57. The van der Waals surface area contributed by atoms with E-state index in [0.29, 0.717) is 25.4 Å². The van der Waals surface area contributed by atoms with Crippen LogP contribution in [0.3, 0.4) is 0 Å². The molecule has 2 heterocycles. The number of ether oxygens (including phenoxy) is 1. The summed E-state index contributed by atoms with van der Waals surface area (Å²) in [5.41, 5.74) is 0.190. The summed E-state index contributed by atoms with van der Waals surface area (Å²) in [5, 5.41) is 0. The Hall–Kier alpha value is -2.57. The Morgan fingerprint density at radius 1 is 1.35 bits per heavy atom. The van der Waals surface area contributed by atoms with Gasteiger partial charge in [-0.3, -0.25) is 9.78 Å². The lowest BCUT2D eigenvalue weighted by molar-refractivity contribution is -0.129. The van der Waals surface area contributed by atoms with E-state index in [2.05, 4.69) is 9.97 Å². The van der Waals surface area contributed by atoms with E-state index < -0.39 is 11.6 Å². The maximum atomic E-state index is 13.6. The summed E-state index contributed by atoms with van der Waals surface area (Å²) in [6.07, 6.45) is 5.02. The van der Waals surface area contributed by atoms with Gasteiger partial charge in [0.25, 0.3) is 0 Å². The molecule has 2 aromatic rings. The van der Waals surface area contributed by atoms with Gasteiger partial charge in [0.1, 0.15) is 17.7 Å². The van der Waals surface area contributed by atoms with E-state index in [-0.39, 0.29) is 24.0 Å². The highest BCUT2D eigenvalue weighted by molar-refractivity contribution is 5.79. The van der Waals surface area contributed by atoms with Crippen LogP contribution in [0.15, 0.2) is 36.8 Å². The van der Waals surface area contributed by atoms with E-state index in [1.807, 2.05) is 0 Å². The van der Waals surface area contributed by atoms with Gasteiger partial charge in [-0.05, 0) is 11.6 Å². The zero-order valence-electron chi connectivity index (χ0n) is 12.3. The zero-order chi connectivity index (χ0) is 16.2. The third-order valence-corrected chi connectivity index (χ3v) is 3.68. The molecule has 7 heteroatoms. The van der Waals surface area contributed by atoms with E-state index >= 15 is 0 Å². The SMILES string of the molecule is O=C(Cc1ccc(F)cc1F)N1CCC(Oc2cnccn2)C1. The standard InChI is InChI=1S/C16H15F2N3O2/c17-12-2-1-11(14(18)8-12)7-16(22)21-6-3-13(10-21)23-15-9-19-4-5-20-15/h1-2,4-5,8-9,13H,3,6-7,10H2. The number of hydrogen-bond acceptors (Lipinski definition) is 4. The summed E-state index contributed by atoms with van der Waals surface area (Å²) in [5.74, 6) is -1.15. The molecule has 0 radical (unpaired) electrons. The van der Waals surface area contributed by atoms with Crippen molar-refractivity contribution in [2.45, 2.75) is 18.9 Å². The summed E-state index contributed by atoms with van der Waals surface area (Å²) in [4.78, 5) is 21.8. The van der Waals surface area contributed by atoms with Crippen molar-refractivity contribution in [1.29, 1.82) is 0 Å². The van der Waals surface area contributed by atoms with Crippen LogP contribution in [0.2, 0.25) is 0 Å². The van der Waals surface area contributed by atoms with Gasteiger partial charge in [-0.15, -0.1) is 0 Å². The van der Waals surface area contributed by atoms with Crippen LogP contribution in [0, 0.1) is 11.6 Å². The number of amides is 1. The molecule has 120 valence electrons. The number of carbonyl (C=O) groups excluding carboxylic acids is 1. The first-order valence-corrected chi connectivity index (χ1v) is 7.26. The Morgan fingerprint density at radius 2 is 2.22 bits per heavy atom. The Bertz CT molecular complexity index is 697. The summed E-state index contributed by atoms with van der Waals surface area (Å²) < 4.78 is 32.1. The van der Waals surface area contributed by atoms with Crippen molar-refractivity contribution < 1.29 is 18.3 Å². The average Bonchev–Trinajstić information content (AvgIpc) is 3.00. The lowest BCUT2D eigenvalue weighted by Gasteiger charge is -2.17. The fourth-order valence-corrected chi connectivity index (χ4v) is 2.51. The highest BCUT2D eigenvalue weighted by Crippen LogP contribution is 2.18. The first-order valence-electron chi connectivity index (χ1n) is 7.26. The first-order chi connectivity index (χ1) is 11.1. The van der Waals surface area contributed by atoms with Gasteiger partial charge in [0.15, 0.2) is 0 Å². The average molecular weight is 319 g/mol. The summed E-state index contributed by atoms with van der Waals surface area (Å²) >= 11 is 0. The van der Waals surface area contributed by atoms with Crippen molar-refractivity contribution >= 4 is 5.91 Å². The third kappa shape index (κ3) is 3.80. The maximum absolute atomic E-state index is 13.6. The Labute approximate surface area is 131 Å². The fourth-order valence-electron chi connectivity index (χ4n) is 2.51. The molecule has 1 saturated heterocycles. The summed E-state index contributed by atoms with van der Waals surface area (Å²) in [7, 11) is 0. The molecule has 0 N–H and O–H groups in total. The predicted octanol–water partition coefficient (Wildman–Crippen LogP) is 1.98. The van der Waals surface area contributed by atoms with Gasteiger partial charge in [-0.2, -0.15) is 0 Å². The largest absolute Gasteiger partial charge is 0.471 e. The van der Waals surface area contributed by atoms with Crippen LogP contribution >= 0.6 is 0 Å². The molecule has 1 unspecified atom stereocenters. The quantitative estimate of drug-likeness (QED) is 0.865. The number of hydrogen-bond donors (Lipinski definition) is 0. The minimum atomic E-state index is -0.704. The lowest BCUT2D eigenvalue weighted by Crippen LogP contribution is -2.32. The molecule has 5 nitrogen and oxygen atoms in total. The minimum absolute atomic E-state index is 0.0933. The van der Waals surface area contributed by atoms with E-state index in [9.17, 15) is 13.6 Å². The summed E-state index contributed by atoms with van der Waals surface area (Å²) in [6.45, 7) is 0.949. The van der Waals surface area contributed by atoms with E-state index in [4.69, 9.17) is 4.74 Å². The second-order valence-electron chi connectivity index (χ2n) is 5.32. The molecule has 0 saturated carbocycles. The molecule has 1 aliphatic rings. The van der Waals surface area contributed by atoms with Crippen LogP contribution in [0.4, 0.5) is 8.78 Å². The zero-order valence-corrected chi connectivity index (χ0v) is 12.3. The molecule has 23 heavy (non-hydrogen) atoms. The Kier molecular flexibility index (Phi) is 4.45. The van der Waals surface area contributed by atoms with Gasteiger partial charge in [-0.25, -0.2) is 13.8 Å². The van der Waals surface area contributed by atoms with Crippen molar-refractivity contribution in [3.05, 3.63) is 54.0 Å². The van der Waals surface area contributed by atoms with E-state index in [1.165, 1.54) is 18.5 Å². The number of aromatic nitrogens is 2. The molecule has 1 aromatic carbocycles. The predicted molar refractivity (Wildman–Crippen MR) is 77.7 cm³/mol. The second-order valence-corrected chi connectivity index (χ2v) is 5.32. The number of benzene rings is 1. The van der Waals surface area contributed by atoms with Crippen LogP contribution in [-0.4, -0.2) is 40.0 Å². The molecular formula is C16H15F2N3O2. The first kappa shape index (κ1) is 15.3. The van der Waals surface area contributed by atoms with Gasteiger partial charge < -0.3 is 9.64 Å². The van der Waals surface area contributed by atoms with Gasteiger partial charge in [0, 0.05) is 31.4 Å². The number of halogens is 2. The molecular weight excluding hydrogens is 304 g/mol. The molecule has 1 aromatic heterocycles. The lowest BCUT2D eigenvalue weighted by atomic mass is 10.1. The smallest absolute Gasteiger partial charge is 0.232 e. The molecule has 1 amide bonds. The normalized spacial score (nSPS) is 17.3. The van der Waals surface area contributed by atoms with Crippen LogP contribution in [0.5, 0.6) is 5.88 Å². The van der Waals surface area contributed by atoms with Crippen molar-refractivity contribution in [2.75, 3.05) is 13.1 Å². The van der Waals surface area contributed by atoms with Crippen LogP contribution in [0.1, 0.15) is 12.0 Å². The topological polar surface area (TPSA) is 55.3 Å². The minimum Gasteiger partial charge on any atom is -0.471 e. The van der Waals surface area contributed by atoms with E-state index in [1.54, 1.807) is 11.1 Å². The number of rotatable bonds is 4. The van der Waals surface area contributed by atoms with Gasteiger partial charge >= 0.3 is 0 Å². The third-order valence-electron chi connectivity index (χ3n) is 3.68. The fraction of sp³-hybridized carbons (Fsp3) is 0.312. The number of likely N-dealkylation sites (tertiary alicyclic amines) is 1. The van der Waals surface area contributed by atoms with Crippen molar-refractivity contribution in [3.8, 4) is 5.88 Å². The maximum Gasteiger partial charge on any atom is 0.232 e. The molecule has 0 aliphatic carbocycles. The molecule has 1 aliphatic heterocycles. The molecule has 0 spiro atoms. The molecule has 3 rings (SSSR count).